The van der Waals surface area contributed by atoms with Gasteiger partial charge >= 0.3 is 0 Å². The fourth-order valence-electron chi connectivity index (χ4n) is 2.64. The summed E-state index contributed by atoms with van der Waals surface area (Å²) in [6.45, 7) is 15.4. The van der Waals surface area contributed by atoms with Crippen molar-refractivity contribution in [3.63, 3.8) is 0 Å². The Bertz CT molecular complexity index is 1120. The van der Waals surface area contributed by atoms with Crippen LogP contribution in [0.4, 0.5) is 0 Å². The molecule has 5 heteroatoms. The van der Waals surface area contributed by atoms with Gasteiger partial charge in [-0.15, -0.1) is 0 Å². The lowest BCUT2D eigenvalue weighted by molar-refractivity contribution is 0.301. The highest BCUT2D eigenvalue weighted by atomic mass is 16.5. The first-order valence-corrected chi connectivity index (χ1v) is 9.17. The maximum absolute atomic E-state index is 7.50. The molecule has 0 N–H and O–H groups in total. The van der Waals surface area contributed by atoms with Gasteiger partial charge in [0.05, 0.1) is 25.9 Å². The van der Waals surface area contributed by atoms with Crippen LogP contribution in [0.15, 0.2) is 84.3 Å². The molecule has 3 aromatic rings. The Hall–Kier alpha value is -4.35. The molecule has 0 bridgehead atoms. The Morgan fingerprint density at radius 2 is 1.40 bits per heavy atom. The molecule has 0 aliphatic heterocycles. The van der Waals surface area contributed by atoms with Crippen LogP contribution in [-0.4, -0.2) is 12.1 Å². The minimum atomic E-state index is 0.281. The first-order valence-electron chi connectivity index (χ1n) is 9.17. The zero-order valence-corrected chi connectivity index (χ0v) is 16.4. The zero-order valence-electron chi connectivity index (χ0n) is 16.4. The number of benzene rings is 2. The molecule has 3 rings (SSSR count). The number of nitrogens with zero attached hydrogens (tertiary/aromatic N) is 3. The van der Waals surface area contributed by atoms with Crippen LogP contribution in [0.3, 0.4) is 0 Å². The molecule has 1 heterocycles. The quantitative estimate of drug-likeness (QED) is 0.371. The third-order valence-corrected chi connectivity index (χ3v) is 4.22. The fourth-order valence-corrected chi connectivity index (χ4v) is 2.64. The van der Waals surface area contributed by atoms with Crippen molar-refractivity contribution in [3.05, 3.63) is 124 Å². The highest BCUT2D eigenvalue weighted by Crippen LogP contribution is 2.23. The summed E-state index contributed by atoms with van der Waals surface area (Å²) < 4.78 is 10.9. The Kier molecular flexibility index (Phi) is 6.97. The van der Waals surface area contributed by atoms with Crippen LogP contribution in [0, 0.1) is 13.1 Å². The van der Waals surface area contributed by atoms with Gasteiger partial charge in [0.2, 0.25) is 0 Å². The predicted octanol–water partition coefficient (Wildman–Crippen LogP) is 5.89. The molecule has 5 nitrogen and oxygen atoms in total. The lowest BCUT2D eigenvalue weighted by Gasteiger charge is -2.06. The molecule has 1 aromatic heterocycles. The second kappa shape index (κ2) is 10.3. The first-order chi connectivity index (χ1) is 14.7. The summed E-state index contributed by atoms with van der Waals surface area (Å²) in [5.74, 6) is 1.45. The minimum absolute atomic E-state index is 0.281. The van der Waals surface area contributed by atoms with E-state index < -0.39 is 0 Å². The van der Waals surface area contributed by atoms with Crippen LogP contribution in [0.2, 0.25) is 0 Å². The summed E-state index contributed by atoms with van der Waals surface area (Å²) in [6, 6.07) is 20.4. The Morgan fingerprint density at radius 3 is 1.87 bits per heavy atom. The van der Waals surface area contributed by atoms with Crippen molar-refractivity contribution in [3.8, 4) is 11.5 Å². The molecule has 0 spiro atoms. The van der Waals surface area contributed by atoms with Crippen LogP contribution in [0.25, 0.3) is 21.8 Å². The zero-order chi connectivity index (χ0) is 21.2. The fraction of sp³-hybridized carbons (Fsp3) is 0.0800. The largest absolute Gasteiger partial charge is 0.497 e. The molecular formula is C25H19N3O2. The van der Waals surface area contributed by atoms with Crippen LogP contribution in [-0.2, 0) is 6.61 Å². The van der Waals surface area contributed by atoms with E-state index in [4.69, 9.17) is 22.6 Å². The predicted molar refractivity (Wildman–Crippen MR) is 117 cm³/mol. The average molecular weight is 393 g/mol. The van der Waals surface area contributed by atoms with E-state index in [9.17, 15) is 0 Å². The molecule has 30 heavy (non-hydrogen) atoms. The second-order valence-electron chi connectivity index (χ2n) is 6.23. The van der Waals surface area contributed by atoms with Crippen molar-refractivity contribution in [1.29, 1.82) is 0 Å². The van der Waals surface area contributed by atoms with Crippen molar-refractivity contribution in [2.75, 3.05) is 7.11 Å². The van der Waals surface area contributed by atoms with Gasteiger partial charge in [0.25, 0.3) is 0 Å². The minimum Gasteiger partial charge on any atom is -0.497 e. The molecule has 146 valence electrons. The van der Waals surface area contributed by atoms with Gasteiger partial charge in [0, 0.05) is 6.20 Å². The van der Waals surface area contributed by atoms with Crippen LogP contribution < -0.4 is 9.47 Å². The number of pyridine rings is 1. The summed E-state index contributed by atoms with van der Waals surface area (Å²) in [5.41, 5.74) is 3.06. The van der Waals surface area contributed by atoms with Gasteiger partial charge in [0.15, 0.2) is 11.4 Å². The third-order valence-electron chi connectivity index (χ3n) is 4.22. The maximum atomic E-state index is 7.50. The topological polar surface area (TPSA) is 40.1 Å². The number of rotatable bonds is 7. The molecule has 0 amide bonds. The van der Waals surface area contributed by atoms with E-state index in [1.54, 1.807) is 25.5 Å². The van der Waals surface area contributed by atoms with E-state index >= 15 is 0 Å². The van der Waals surface area contributed by atoms with Crippen molar-refractivity contribution >= 4 is 12.2 Å². The van der Waals surface area contributed by atoms with Crippen LogP contribution in [0.1, 0.15) is 16.8 Å². The summed E-state index contributed by atoms with van der Waals surface area (Å²) in [7, 11) is 1.60. The normalized spacial score (nSPS) is 11.3. The molecule has 0 atom stereocenters. The van der Waals surface area contributed by atoms with Crippen molar-refractivity contribution in [2.45, 2.75) is 6.61 Å². The van der Waals surface area contributed by atoms with E-state index in [1.807, 2.05) is 66.7 Å². The second-order valence-corrected chi connectivity index (χ2v) is 6.23. The van der Waals surface area contributed by atoms with E-state index in [0.717, 1.165) is 22.6 Å². The molecule has 0 saturated carbocycles. The van der Waals surface area contributed by atoms with Crippen molar-refractivity contribution < 1.29 is 9.47 Å². The number of ether oxygens (including phenoxy) is 2. The molecule has 2 aromatic carbocycles. The molecular weight excluding hydrogens is 374 g/mol. The van der Waals surface area contributed by atoms with Crippen LogP contribution >= 0.6 is 0 Å². The van der Waals surface area contributed by atoms with Gasteiger partial charge in [0.1, 0.15) is 18.1 Å². The Balaban J connectivity index is 1.74. The summed E-state index contributed by atoms with van der Waals surface area (Å²) in [5, 5.41) is 0. The number of methoxy groups -OCH3 is 1. The molecule has 0 aliphatic carbocycles. The van der Waals surface area contributed by atoms with Gasteiger partial charge < -0.3 is 9.47 Å². The van der Waals surface area contributed by atoms with Gasteiger partial charge in [-0.3, -0.25) is 14.7 Å². The first kappa shape index (κ1) is 20.4. The van der Waals surface area contributed by atoms with Gasteiger partial charge in [-0.25, -0.2) is 0 Å². The van der Waals surface area contributed by atoms with E-state index in [-0.39, 0.29) is 11.4 Å². The monoisotopic (exact) mass is 393 g/mol. The molecule has 0 aliphatic rings. The van der Waals surface area contributed by atoms with Crippen molar-refractivity contribution in [2.24, 2.45) is 0 Å². The highest BCUT2D eigenvalue weighted by Gasteiger charge is 2.07. The summed E-state index contributed by atoms with van der Waals surface area (Å²) >= 11 is 0. The van der Waals surface area contributed by atoms with Gasteiger partial charge in [-0.05, 0) is 47.5 Å². The summed E-state index contributed by atoms with van der Waals surface area (Å²) in [4.78, 5) is 11.3. The number of aromatic nitrogens is 1. The molecule has 0 radical (unpaired) electrons. The van der Waals surface area contributed by atoms with E-state index in [2.05, 4.69) is 14.7 Å². The molecule has 0 fully saturated rings. The SMILES string of the molecule is [C-]#[N+]C(=Cc1ccc(OC)cc1)C(=Cc1ccc(OCc2ccccn2)cc1)[N+]#[C-]. The number of hydrogen-bond acceptors (Lipinski definition) is 3. The standard InChI is InChI=1S/C25H19N3O2/c1-26-24(16-19-7-11-22(29-3)12-8-19)25(27-2)17-20-9-13-23(14-10-20)30-18-21-6-4-5-15-28-21/h4-17H,18H2,3H3. The molecule has 0 unspecified atom stereocenters. The third kappa shape index (κ3) is 5.58. The smallest absolute Gasteiger partial charge is 0.195 e. The lowest BCUT2D eigenvalue weighted by Crippen LogP contribution is -1.97. The Labute approximate surface area is 176 Å². The summed E-state index contributed by atoms with van der Waals surface area (Å²) in [6.07, 6.45) is 5.12. The van der Waals surface area contributed by atoms with Crippen molar-refractivity contribution in [1.82, 2.24) is 4.98 Å². The van der Waals surface area contributed by atoms with E-state index in [0.29, 0.717) is 12.4 Å². The Morgan fingerprint density at radius 1 is 0.833 bits per heavy atom. The number of hydrogen-bond donors (Lipinski definition) is 0. The van der Waals surface area contributed by atoms with Gasteiger partial charge in [-0.1, -0.05) is 42.5 Å². The lowest BCUT2D eigenvalue weighted by atomic mass is 10.1. The maximum Gasteiger partial charge on any atom is 0.195 e. The van der Waals surface area contributed by atoms with Gasteiger partial charge in [-0.2, -0.15) is 0 Å². The van der Waals surface area contributed by atoms with E-state index in [1.165, 1.54) is 0 Å². The van der Waals surface area contributed by atoms with Crippen LogP contribution in [0.5, 0.6) is 11.5 Å². The molecule has 0 saturated heterocycles. The highest BCUT2D eigenvalue weighted by molar-refractivity contribution is 5.69. The average Bonchev–Trinajstić information content (AvgIpc) is 2.81.